The van der Waals surface area contributed by atoms with Crippen LogP contribution in [0.15, 0.2) is 18.2 Å². The molecule has 0 spiro atoms. The molecule has 0 aromatic heterocycles. The van der Waals surface area contributed by atoms with Crippen LogP contribution in [0, 0.1) is 0 Å². The first-order chi connectivity index (χ1) is 11.1. The van der Waals surface area contributed by atoms with Gasteiger partial charge in [-0.1, -0.05) is 12.1 Å². The van der Waals surface area contributed by atoms with E-state index in [2.05, 4.69) is 35.5 Å². The van der Waals surface area contributed by atoms with E-state index in [4.69, 9.17) is 9.47 Å². The van der Waals surface area contributed by atoms with Gasteiger partial charge in [-0.15, -0.1) is 0 Å². The molecule has 0 bridgehead atoms. The van der Waals surface area contributed by atoms with E-state index in [0.717, 1.165) is 18.5 Å². The number of carbonyl (C=O) groups is 1. The normalized spacial score (nSPS) is 15.2. The summed E-state index contributed by atoms with van der Waals surface area (Å²) in [5, 5.41) is 2.94. The number of amides is 1. The molecule has 2 rings (SSSR count). The summed E-state index contributed by atoms with van der Waals surface area (Å²) < 4.78 is 10.6. The van der Waals surface area contributed by atoms with Crippen molar-refractivity contribution >= 4 is 11.6 Å². The van der Waals surface area contributed by atoms with Crippen LogP contribution in [-0.4, -0.2) is 45.4 Å². The number of ether oxygens (including phenoxy) is 2. The van der Waals surface area contributed by atoms with Crippen LogP contribution in [0.5, 0.6) is 0 Å². The van der Waals surface area contributed by atoms with E-state index in [1.807, 2.05) is 6.92 Å². The van der Waals surface area contributed by atoms with Crippen molar-refractivity contribution in [3.8, 4) is 0 Å². The smallest absolute Gasteiger partial charge is 0.249 e. The van der Waals surface area contributed by atoms with Crippen molar-refractivity contribution in [3.05, 3.63) is 29.3 Å². The third-order valence-corrected chi connectivity index (χ3v) is 4.13. The molecule has 1 amide bonds. The number of hydrogen-bond donors (Lipinski definition) is 1. The fourth-order valence-corrected chi connectivity index (χ4v) is 2.79. The summed E-state index contributed by atoms with van der Waals surface area (Å²) in [5.41, 5.74) is 3.80. The molecule has 0 saturated carbocycles. The summed E-state index contributed by atoms with van der Waals surface area (Å²) in [7, 11) is 2.13. The molecule has 1 aliphatic rings. The van der Waals surface area contributed by atoms with E-state index < -0.39 is 6.10 Å². The average Bonchev–Trinajstić information content (AvgIpc) is 2.56. The predicted octanol–water partition coefficient (Wildman–Crippen LogP) is 2.13. The monoisotopic (exact) mass is 320 g/mol. The molecule has 5 heteroatoms. The topological polar surface area (TPSA) is 50.8 Å². The van der Waals surface area contributed by atoms with Gasteiger partial charge in [0.05, 0.1) is 13.2 Å². The van der Waals surface area contributed by atoms with Gasteiger partial charge in [0.15, 0.2) is 0 Å². The van der Waals surface area contributed by atoms with E-state index >= 15 is 0 Å². The summed E-state index contributed by atoms with van der Waals surface area (Å²) in [6.45, 7) is 6.97. The van der Waals surface area contributed by atoms with Gasteiger partial charge in [-0.2, -0.15) is 0 Å². The number of nitrogens with zero attached hydrogens (tertiary/aromatic N) is 1. The summed E-state index contributed by atoms with van der Waals surface area (Å²) in [4.78, 5) is 14.3. The number of fused-ring (bicyclic) bond motifs is 1. The molecule has 0 fully saturated rings. The lowest BCUT2D eigenvalue weighted by atomic mass is 9.99. The van der Waals surface area contributed by atoms with Crippen LogP contribution in [0.4, 0.5) is 5.69 Å². The Morgan fingerprint density at radius 2 is 2.22 bits per heavy atom. The van der Waals surface area contributed by atoms with E-state index in [9.17, 15) is 4.79 Å². The highest BCUT2D eigenvalue weighted by molar-refractivity contribution is 5.80. The third-order valence-electron chi connectivity index (χ3n) is 4.13. The minimum atomic E-state index is -0.459. The lowest BCUT2D eigenvalue weighted by Crippen LogP contribution is -2.34. The molecule has 23 heavy (non-hydrogen) atoms. The van der Waals surface area contributed by atoms with Crippen LogP contribution in [0.1, 0.15) is 31.4 Å². The van der Waals surface area contributed by atoms with E-state index in [0.29, 0.717) is 26.4 Å². The largest absolute Gasteiger partial charge is 0.379 e. The highest BCUT2D eigenvalue weighted by atomic mass is 16.5. The molecule has 1 atom stereocenters. The molecular weight excluding hydrogens is 292 g/mol. The summed E-state index contributed by atoms with van der Waals surface area (Å²) >= 11 is 0. The molecule has 0 aliphatic carbocycles. The highest BCUT2D eigenvalue weighted by Crippen LogP contribution is 2.26. The van der Waals surface area contributed by atoms with Crippen molar-refractivity contribution in [2.45, 2.75) is 39.3 Å². The maximum absolute atomic E-state index is 12.0. The Balaban J connectivity index is 1.80. The molecule has 1 aromatic carbocycles. The Kier molecular flexibility index (Phi) is 6.86. The number of rotatable bonds is 8. The van der Waals surface area contributed by atoms with E-state index in [-0.39, 0.29) is 5.91 Å². The van der Waals surface area contributed by atoms with Gasteiger partial charge in [0, 0.05) is 32.4 Å². The van der Waals surface area contributed by atoms with E-state index in [1.165, 1.54) is 17.7 Å². The van der Waals surface area contributed by atoms with Crippen molar-refractivity contribution in [1.29, 1.82) is 0 Å². The molecule has 0 saturated heterocycles. The van der Waals surface area contributed by atoms with Crippen LogP contribution in [0.25, 0.3) is 0 Å². The zero-order valence-electron chi connectivity index (χ0n) is 14.4. The maximum atomic E-state index is 12.0. The van der Waals surface area contributed by atoms with Crippen molar-refractivity contribution in [2.75, 3.05) is 38.3 Å². The first kappa shape index (κ1) is 17.8. The third kappa shape index (κ3) is 5.22. The minimum absolute atomic E-state index is 0.0867. The number of aryl methyl sites for hydroxylation is 1. The van der Waals surface area contributed by atoms with Crippen LogP contribution in [0.2, 0.25) is 0 Å². The molecular formula is C18H28N2O3. The second kappa shape index (κ2) is 8.89. The van der Waals surface area contributed by atoms with Gasteiger partial charge in [-0.3, -0.25) is 4.79 Å². The van der Waals surface area contributed by atoms with Gasteiger partial charge in [0.1, 0.15) is 6.10 Å². The Bertz CT molecular complexity index is 519. The second-order valence-electron chi connectivity index (χ2n) is 5.92. The highest BCUT2D eigenvalue weighted by Gasteiger charge is 2.15. The molecule has 0 radical (unpaired) electrons. The lowest BCUT2D eigenvalue weighted by Gasteiger charge is -2.27. The van der Waals surface area contributed by atoms with Crippen molar-refractivity contribution in [3.63, 3.8) is 0 Å². The lowest BCUT2D eigenvalue weighted by molar-refractivity contribution is -0.132. The number of hydrogen-bond acceptors (Lipinski definition) is 4. The SMILES string of the molecule is CCOCCO[C@@H](C)C(=O)NCc1ccc2c(c1)CCCN2C. The van der Waals surface area contributed by atoms with Crippen LogP contribution in [0.3, 0.4) is 0 Å². The van der Waals surface area contributed by atoms with Gasteiger partial charge in [0.25, 0.3) is 0 Å². The fourth-order valence-electron chi connectivity index (χ4n) is 2.79. The zero-order chi connectivity index (χ0) is 16.7. The van der Waals surface area contributed by atoms with Crippen molar-refractivity contribution in [2.24, 2.45) is 0 Å². The van der Waals surface area contributed by atoms with Crippen molar-refractivity contribution in [1.82, 2.24) is 5.32 Å². The quantitative estimate of drug-likeness (QED) is 0.746. The molecule has 128 valence electrons. The molecule has 5 nitrogen and oxygen atoms in total. The molecule has 1 heterocycles. The summed E-state index contributed by atoms with van der Waals surface area (Å²) in [6.07, 6.45) is 1.84. The first-order valence-corrected chi connectivity index (χ1v) is 8.41. The summed E-state index contributed by atoms with van der Waals surface area (Å²) in [6, 6.07) is 6.44. The number of nitrogens with one attached hydrogen (secondary N) is 1. The van der Waals surface area contributed by atoms with Gasteiger partial charge in [-0.05, 0) is 43.9 Å². The molecule has 1 aliphatic heterocycles. The van der Waals surface area contributed by atoms with Gasteiger partial charge < -0.3 is 19.7 Å². The average molecular weight is 320 g/mol. The Hall–Kier alpha value is -1.59. The minimum Gasteiger partial charge on any atom is -0.379 e. The Morgan fingerprint density at radius 3 is 3.00 bits per heavy atom. The molecule has 1 aromatic rings. The molecule has 0 unspecified atom stereocenters. The Morgan fingerprint density at radius 1 is 1.39 bits per heavy atom. The molecule has 1 N–H and O–H groups in total. The van der Waals surface area contributed by atoms with Gasteiger partial charge in [0.2, 0.25) is 5.91 Å². The predicted molar refractivity (Wildman–Crippen MR) is 91.8 cm³/mol. The second-order valence-corrected chi connectivity index (χ2v) is 5.92. The van der Waals surface area contributed by atoms with Crippen LogP contribution < -0.4 is 10.2 Å². The number of carbonyl (C=O) groups excluding carboxylic acids is 1. The number of benzene rings is 1. The Labute approximate surface area is 139 Å². The summed E-state index contributed by atoms with van der Waals surface area (Å²) in [5.74, 6) is -0.0867. The zero-order valence-corrected chi connectivity index (χ0v) is 14.4. The number of anilines is 1. The van der Waals surface area contributed by atoms with Gasteiger partial charge >= 0.3 is 0 Å². The van der Waals surface area contributed by atoms with Crippen molar-refractivity contribution < 1.29 is 14.3 Å². The fraction of sp³-hybridized carbons (Fsp3) is 0.611. The first-order valence-electron chi connectivity index (χ1n) is 8.41. The standard InChI is InChI=1S/C18H28N2O3/c1-4-22-10-11-23-14(2)18(21)19-13-15-7-8-17-16(12-15)6-5-9-20(17)3/h7-8,12,14H,4-6,9-11,13H2,1-3H3,(H,19,21)/t14-/m0/s1. The van der Waals surface area contributed by atoms with Crippen LogP contribution >= 0.6 is 0 Å². The van der Waals surface area contributed by atoms with Crippen LogP contribution in [-0.2, 0) is 27.2 Å². The van der Waals surface area contributed by atoms with Gasteiger partial charge in [-0.25, -0.2) is 0 Å². The maximum Gasteiger partial charge on any atom is 0.249 e. The van der Waals surface area contributed by atoms with E-state index in [1.54, 1.807) is 6.92 Å².